The summed E-state index contributed by atoms with van der Waals surface area (Å²) in [7, 11) is 1.69. The average Bonchev–Trinajstić information content (AvgIpc) is 2.64. The first-order valence-electron chi connectivity index (χ1n) is 9.25. The first-order chi connectivity index (χ1) is 12.7. The third kappa shape index (κ3) is 6.13. The Kier molecular flexibility index (Phi) is 7.07. The van der Waals surface area contributed by atoms with E-state index in [0.717, 1.165) is 5.56 Å². The van der Waals surface area contributed by atoms with Crippen LogP contribution in [0.4, 0.5) is 9.59 Å². The van der Waals surface area contributed by atoms with Gasteiger partial charge in [-0.1, -0.05) is 30.3 Å². The normalized spacial score (nSPS) is 20.1. The Morgan fingerprint density at radius 2 is 1.93 bits per heavy atom. The number of amides is 2. The fourth-order valence-electron chi connectivity index (χ4n) is 3.08. The van der Waals surface area contributed by atoms with Crippen LogP contribution in [0.2, 0.25) is 0 Å². The zero-order valence-electron chi connectivity index (χ0n) is 16.6. The molecule has 2 atom stereocenters. The number of piperidine rings is 1. The number of aliphatic hydroxyl groups is 1. The third-order valence-electron chi connectivity index (χ3n) is 4.57. The van der Waals surface area contributed by atoms with Crippen molar-refractivity contribution in [1.29, 1.82) is 0 Å². The van der Waals surface area contributed by atoms with E-state index in [2.05, 4.69) is 0 Å². The number of carbonyl (C=O) groups is 2. The van der Waals surface area contributed by atoms with Gasteiger partial charge in [0.2, 0.25) is 0 Å². The molecule has 7 nitrogen and oxygen atoms in total. The number of nitrogens with zero attached hydrogens (tertiary/aromatic N) is 2. The Labute approximate surface area is 160 Å². The molecule has 1 aromatic carbocycles. The van der Waals surface area contributed by atoms with Gasteiger partial charge < -0.3 is 24.4 Å². The number of hydrogen-bond acceptors (Lipinski definition) is 5. The minimum atomic E-state index is -0.566. The van der Waals surface area contributed by atoms with Crippen LogP contribution >= 0.6 is 0 Å². The van der Waals surface area contributed by atoms with E-state index in [1.165, 1.54) is 0 Å². The molecule has 27 heavy (non-hydrogen) atoms. The molecule has 1 aliphatic heterocycles. The van der Waals surface area contributed by atoms with Gasteiger partial charge in [0, 0.05) is 19.6 Å². The zero-order valence-corrected chi connectivity index (χ0v) is 16.6. The molecule has 0 saturated carbocycles. The van der Waals surface area contributed by atoms with Crippen molar-refractivity contribution >= 4 is 12.2 Å². The van der Waals surface area contributed by atoms with Gasteiger partial charge in [-0.05, 0) is 39.2 Å². The summed E-state index contributed by atoms with van der Waals surface area (Å²) < 4.78 is 10.8. The minimum absolute atomic E-state index is 0.102. The summed E-state index contributed by atoms with van der Waals surface area (Å²) in [5.41, 5.74) is 0.342. The lowest BCUT2D eigenvalue weighted by atomic mass is 9.97. The van der Waals surface area contributed by atoms with E-state index in [1.807, 2.05) is 51.1 Å². The highest BCUT2D eigenvalue weighted by Gasteiger charge is 2.36. The molecule has 0 aliphatic carbocycles. The molecular formula is C20H30N2O5. The maximum atomic E-state index is 12.4. The summed E-state index contributed by atoms with van der Waals surface area (Å²) in [6, 6.07) is 8.96. The van der Waals surface area contributed by atoms with Crippen molar-refractivity contribution in [1.82, 2.24) is 9.80 Å². The summed E-state index contributed by atoms with van der Waals surface area (Å²) in [5, 5.41) is 9.74. The van der Waals surface area contributed by atoms with Crippen molar-refractivity contribution in [2.75, 3.05) is 20.2 Å². The highest BCUT2D eigenvalue weighted by atomic mass is 16.6. The molecule has 0 aromatic heterocycles. The molecule has 1 fully saturated rings. The lowest BCUT2D eigenvalue weighted by Crippen LogP contribution is -2.54. The number of rotatable bonds is 4. The molecule has 150 valence electrons. The molecule has 1 aromatic rings. The number of likely N-dealkylation sites (tertiary alicyclic amines) is 1. The van der Waals surface area contributed by atoms with Crippen LogP contribution < -0.4 is 0 Å². The predicted molar refractivity (Wildman–Crippen MR) is 101 cm³/mol. The van der Waals surface area contributed by atoms with Crippen molar-refractivity contribution in [3.63, 3.8) is 0 Å². The summed E-state index contributed by atoms with van der Waals surface area (Å²) in [5.74, 6) is 0. The second-order valence-electron chi connectivity index (χ2n) is 7.84. The van der Waals surface area contributed by atoms with Crippen molar-refractivity contribution in [2.45, 2.75) is 57.9 Å². The fraction of sp³-hybridized carbons (Fsp3) is 0.600. The molecule has 7 heteroatoms. The van der Waals surface area contributed by atoms with Crippen molar-refractivity contribution < 1.29 is 24.2 Å². The first kappa shape index (κ1) is 21.0. The number of hydrogen-bond donors (Lipinski definition) is 1. The Bertz CT molecular complexity index is 629. The molecule has 0 radical (unpaired) electrons. The van der Waals surface area contributed by atoms with Gasteiger partial charge in [-0.25, -0.2) is 9.59 Å². The molecule has 0 spiro atoms. The van der Waals surface area contributed by atoms with E-state index in [4.69, 9.17) is 9.47 Å². The second-order valence-corrected chi connectivity index (χ2v) is 7.84. The molecule has 2 rings (SSSR count). The topological polar surface area (TPSA) is 79.3 Å². The average molecular weight is 378 g/mol. The molecule has 1 saturated heterocycles. The van der Waals surface area contributed by atoms with E-state index in [0.29, 0.717) is 19.4 Å². The lowest BCUT2D eigenvalue weighted by molar-refractivity contribution is 0.00131. The monoisotopic (exact) mass is 378 g/mol. The summed E-state index contributed by atoms with van der Waals surface area (Å²) >= 11 is 0. The van der Waals surface area contributed by atoms with Crippen molar-refractivity contribution in [3.05, 3.63) is 35.9 Å². The van der Waals surface area contributed by atoms with E-state index >= 15 is 0 Å². The van der Waals surface area contributed by atoms with Gasteiger partial charge in [-0.3, -0.25) is 0 Å². The third-order valence-corrected chi connectivity index (χ3v) is 4.57. The van der Waals surface area contributed by atoms with Crippen molar-refractivity contribution in [2.24, 2.45) is 0 Å². The molecular weight excluding hydrogens is 348 g/mol. The van der Waals surface area contributed by atoms with Gasteiger partial charge >= 0.3 is 12.2 Å². The molecule has 2 unspecified atom stereocenters. The number of carbonyl (C=O) groups excluding carboxylic acids is 2. The summed E-state index contributed by atoms with van der Waals surface area (Å²) in [6.07, 6.45) is 0.236. The largest absolute Gasteiger partial charge is 0.445 e. The maximum absolute atomic E-state index is 12.4. The van der Waals surface area contributed by atoms with Gasteiger partial charge in [0.25, 0.3) is 0 Å². The van der Waals surface area contributed by atoms with Crippen LogP contribution in [0.25, 0.3) is 0 Å². The van der Waals surface area contributed by atoms with E-state index in [9.17, 15) is 14.7 Å². The molecule has 1 heterocycles. The Hall–Kier alpha value is -2.28. The van der Waals surface area contributed by atoms with Crippen LogP contribution in [0.1, 0.15) is 39.2 Å². The molecule has 1 aliphatic rings. The van der Waals surface area contributed by atoms with Crippen LogP contribution in [0, 0.1) is 0 Å². The second kappa shape index (κ2) is 9.08. The number of ether oxygens (including phenoxy) is 2. The molecule has 2 amide bonds. The molecule has 1 N–H and O–H groups in total. The van der Waals surface area contributed by atoms with Crippen molar-refractivity contribution in [3.8, 4) is 0 Å². The SMILES string of the molecule is CN(C(=O)OC(C)(C)C)C1CCN(C(=O)OCc2ccccc2)C(CO)C1. The van der Waals surface area contributed by atoms with E-state index in [1.54, 1.807) is 16.8 Å². The van der Waals surface area contributed by atoms with Crippen LogP contribution in [0.5, 0.6) is 0 Å². The highest BCUT2D eigenvalue weighted by molar-refractivity contribution is 5.69. The quantitative estimate of drug-likeness (QED) is 0.871. The Morgan fingerprint density at radius 1 is 1.26 bits per heavy atom. The zero-order chi connectivity index (χ0) is 20.0. The summed E-state index contributed by atoms with van der Waals surface area (Å²) in [4.78, 5) is 27.8. The standard InChI is InChI=1S/C20H30N2O5/c1-20(2,3)27-18(24)21(4)16-10-11-22(17(12-16)13-23)19(25)26-14-15-8-6-5-7-9-15/h5-9,16-17,23H,10-14H2,1-4H3. The number of aliphatic hydroxyl groups excluding tert-OH is 1. The maximum Gasteiger partial charge on any atom is 0.410 e. The van der Waals surface area contributed by atoms with Gasteiger partial charge in [0.1, 0.15) is 12.2 Å². The van der Waals surface area contributed by atoms with Crippen LogP contribution in [-0.2, 0) is 16.1 Å². The van der Waals surface area contributed by atoms with E-state index in [-0.39, 0.29) is 19.3 Å². The fourth-order valence-corrected chi connectivity index (χ4v) is 3.08. The lowest BCUT2D eigenvalue weighted by Gasteiger charge is -2.41. The van der Waals surface area contributed by atoms with Gasteiger partial charge in [-0.2, -0.15) is 0 Å². The Morgan fingerprint density at radius 3 is 2.52 bits per heavy atom. The van der Waals surface area contributed by atoms with Crippen LogP contribution in [0.15, 0.2) is 30.3 Å². The smallest absolute Gasteiger partial charge is 0.410 e. The molecule has 0 bridgehead atoms. The highest BCUT2D eigenvalue weighted by Crippen LogP contribution is 2.23. The van der Waals surface area contributed by atoms with Gasteiger partial charge in [0.05, 0.1) is 12.6 Å². The predicted octanol–water partition coefficient (Wildman–Crippen LogP) is 3.02. The van der Waals surface area contributed by atoms with Crippen LogP contribution in [-0.4, -0.2) is 65.0 Å². The van der Waals surface area contributed by atoms with Gasteiger partial charge in [-0.15, -0.1) is 0 Å². The first-order valence-corrected chi connectivity index (χ1v) is 9.25. The number of benzene rings is 1. The Balaban J connectivity index is 1.91. The van der Waals surface area contributed by atoms with Gasteiger partial charge in [0.15, 0.2) is 0 Å². The minimum Gasteiger partial charge on any atom is -0.445 e. The van der Waals surface area contributed by atoms with Crippen LogP contribution in [0.3, 0.4) is 0 Å². The van der Waals surface area contributed by atoms with E-state index < -0.39 is 23.8 Å². The summed E-state index contributed by atoms with van der Waals surface area (Å²) in [6.45, 7) is 5.88.